The molecule has 0 saturated carbocycles. The van der Waals surface area contributed by atoms with Crippen molar-refractivity contribution in [1.29, 1.82) is 0 Å². The van der Waals surface area contributed by atoms with Crippen molar-refractivity contribution in [2.75, 3.05) is 13.2 Å². The summed E-state index contributed by atoms with van der Waals surface area (Å²) >= 11 is 0. The summed E-state index contributed by atoms with van der Waals surface area (Å²) in [4.78, 5) is 38.3. The van der Waals surface area contributed by atoms with Gasteiger partial charge in [0.2, 0.25) is 0 Å². The Balaban J connectivity index is 4.30. The zero-order chi connectivity index (χ0) is 58.5. The van der Waals surface area contributed by atoms with Crippen LogP contribution < -0.4 is 0 Å². The van der Waals surface area contributed by atoms with E-state index >= 15 is 0 Å². The minimum absolute atomic E-state index is 0.0994. The number of ether oxygens (including phenoxy) is 3. The van der Waals surface area contributed by atoms with E-state index in [0.29, 0.717) is 12.8 Å². The quantitative estimate of drug-likeness (QED) is 0.0261. The van der Waals surface area contributed by atoms with Gasteiger partial charge >= 0.3 is 17.9 Å². The van der Waals surface area contributed by atoms with Crippen molar-refractivity contribution in [3.05, 3.63) is 146 Å². The third kappa shape index (κ3) is 66.0. The predicted octanol–water partition coefficient (Wildman–Crippen LogP) is 23.1. The second-order valence-electron chi connectivity index (χ2n) is 21.6. The Labute approximate surface area is 499 Å². The lowest BCUT2D eigenvalue weighted by molar-refractivity contribution is -0.167. The molecule has 0 spiro atoms. The van der Waals surface area contributed by atoms with E-state index in [1.807, 2.05) is 0 Å². The van der Waals surface area contributed by atoms with Gasteiger partial charge in [-0.1, -0.05) is 282 Å². The number of allylic oxidation sites excluding steroid dienone is 24. The molecule has 0 saturated heterocycles. The minimum atomic E-state index is -0.807. The summed E-state index contributed by atoms with van der Waals surface area (Å²) in [7, 11) is 0. The molecule has 0 N–H and O–H groups in total. The first-order chi connectivity index (χ1) is 40.0. The molecule has 0 aromatic carbocycles. The second kappa shape index (κ2) is 67.8. The molecule has 6 nitrogen and oxygen atoms in total. The van der Waals surface area contributed by atoms with Crippen molar-refractivity contribution in [1.82, 2.24) is 0 Å². The molecule has 0 heterocycles. The van der Waals surface area contributed by atoms with Gasteiger partial charge in [0.15, 0.2) is 6.10 Å². The summed E-state index contributed by atoms with van der Waals surface area (Å²) in [5.41, 5.74) is 0. The first-order valence-electron chi connectivity index (χ1n) is 33.3. The van der Waals surface area contributed by atoms with E-state index in [2.05, 4.69) is 167 Å². The fourth-order valence-electron chi connectivity index (χ4n) is 8.89. The Morgan fingerprint density at radius 1 is 0.259 bits per heavy atom. The van der Waals surface area contributed by atoms with Gasteiger partial charge in [0, 0.05) is 19.3 Å². The molecule has 0 aliphatic rings. The smallest absolute Gasteiger partial charge is 0.306 e. The van der Waals surface area contributed by atoms with E-state index in [0.717, 1.165) is 161 Å². The lowest BCUT2D eigenvalue weighted by Crippen LogP contribution is -2.30. The van der Waals surface area contributed by atoms with Crippen molar-refractivity contribution in [2.45, 2.75) is 297 Å². The Bertz CT molecular complexity index is 1760. The van der Waals surface area contributed by atoms with Crippen molar-refractivity contribution in [2.24, 2.45) is 0 Å². The highest BCUT2D eigenvalue weighted by atomic mass is 16.6. The van der Waals surface area contributed by atoms with Crippen LogP contribution in [0.25, 0.3) is 0 Å². The predicted molar refractivity (Wildman–Crippen MR) is 352 cm³/mol. The zero-order valence-electron chi connectivity index (χ0n) is 52.5. The summed E-state index contributed by atoms with van der Waals surface area (Å²) in [6.07, 6.45) is 97.2. The Hall–Kier alpha value is -4.71. The van der Waals surface area contributed by atoms with Crippen LogP contribution in [0.15, 0.2) is 146 Å². The Kier molecular flexibility index (Phi) is 63.9. The highest BCUT2D eigenvalue weighted by molar-refractivity contribution is 5.71. The maximum Gasteiger partial charge on any atom is 0.306 e. The number of esters is 3. The number of carbonyl (C=O) groups excluding carboxylic acids is 3. The largest absolute Gasteiger partial charge is 0.462 e. The maximum atomic E-state index is 12.9. The average Bonchev–Trinajstić information content (AvgIpc) is 3.46. The molecule has 0 radical (unpaired) electrons. The highest BCUT2D eigenvalue weighted by Gasteiger charge is 2.19. The molecule has 0 aromatic heterocycles. The summed E-state index contributed by atoms with van der Waals surface area (Å²) < 4.78 is 16.9. The van der Waals surface area contributed by atoms with Crippen LogP contribution >= 0.6 is 0 Å². The number of carbonyl (C=O) groups is 3. The summed E-state index contributed by atoms with van der Waals surface area (Å²) in [5, 5.41) is 0. The van der Waals surface area contributed by atoms with Crippen LogP contribution in [0.3, 0.4) is 0 Å². The molecule has 0 aliphatic heterocycles. The molecule has 0 aromatic rings. The van der Waals surface area contributed by atoms with Crippen LogP contribution in [-0.4, -0.2) is 37.2 Å². The van der Waals surface area contributed by atoms with Gasteiger partial charge in [-0.25, -0.2) is 0 Å². The Morgan fingerprint density at radius 2 is 0.481 bits per heavy atom. The van der Waals surface area contributed by atoms with Gasteiger partial charge in [0.25, 0.3) is 0 Å². The third-order valence-electron chi connectivity index (χ3n) is 13.8. The molecule has 6 heteroatoms. The molecule has 0 rings (SSSR count). The fraction of sp³-hybridized carbons (Fsp3) is 0.640. The van der Waals surface area contributed by atoms with E-state index in [9.17, 15) is 14.4 Å². The van der Waals surface area contributed by atoms with E-state index in [4.69, 9.17) is 14.2 Å². The maximum absolute atomic E-state index is 12.9. The van der Waals surface area contributed by atoms with E-state index in [-0.39, 0.29) is 37.5 Å². The SMILES string of the molecule is CC/C=C\C/C=C\C/C=C\C/C=C\C/C=C\CCCCCCCCCCCCCCCCCC(=O)OCC(COC(=O)CCCCCCC/C=C\C/C=C\CCC)OC(=O)CCCCC/C=C\C/C=C\C/C=C\C/C=C\C/C=C\CC. The molecule has 0 amide bonds. The number of rotatable bonds is 59. The van der Waals surface area contributed by atoms with Crippen LogP contribution in [0.1, 0.15) is 290 Å². The van der Waals surface area contributed by atoms with Gasteiger partial charge in [-0.15, -0.1) is 0 Å². The molecule has 458 valence electrons. The average molecular weight is 1120 g/mol. The molecule has 0 fully saturated rings. The standard InChI is InChI=1S/C75H122O6/c1-4-7-10-13-16-19-22-25-27-29-31-32-33-34-35-36-37-38-39-40-41-42-44-45-47-50-53-56-59-62-65-68-74(77)80-71-72(70-79-73(76)67-64-61-58-55-52-49-24-21-18-15-12-9-6-3)81-75(78)69-66-63-60-57-54-51-48-46-43-30-28-26-23-20-17-14-11-8-5-2/h7-8,10-12,15-17,19-21,24-28,31-32,34-35,43,46,51,54,72H,4-6,9,13-14,18,22-23,29-30,33,36-42,44-45,47-50,52-53,55-71H2,1-3H3/b10-7-,11-8-,15-12-,19-16-,20-17-,24-21-,27-25-,28-26-,32-31-,35-34-,46-43-,54-51-. The monoisotopic (exact) mass is 1120 g/mol. The molecule has 0 aliphatic carbocycles. The van der Waals surface area contributed by atoms with Crippen LogP contribution in [0.4, 0.5) is 0 Å². The normalized spacial score (nSPS) is 13.1. The van der Waals surface area contributed by atoms with E-state index < -0.39 is 6.10 Å². The number of hydrogen-bond donors (Lipinski definition) is 0. The highest BCUT2D eigenvalue weighted by Crippen LogP contribution is 2.16. The van der Waals surface area contributed by atoms with Crippen LogP contribution in [0.2, 0.25) is 0 Å². The second-order valence-corrected chi connectivity index (χ2v) is 21.6. The van der Waals surface area contributed by atoms with Crippen LogP contribution in [0.5, 0.6) is 0 Å². The van der Waals surface area contributed by atoms with Gasteiger partial charge in [0.05, 0.1) is 0 Å². The lowest BCUT2D eigenvalue weighted by Gasteiger charge is -2.18. The van der Waals surface area contributed by atoms with Gasteiger partial charge in [-0.3, -0.25) is 14.4 Å². The topological polar surface area (TPSA) is 78.9 Å². The molecular weight excluding hydrogens is 997 g/mol. The zero-order valence-corrected chi connectivity index (χ0v) is 52.5. The van der Waals surface area contributed by atoms with Crippen molar-refractivity contribution < 1.29 is 28.6 Å². The first-order valence-corrected chi connectivity index (χ1v) is 33.3. The first kappa shape index (κ1) is 76.3. The van der Waals surface area contributed by atoms with Gasteiger partial charge < -0.3 is 14.2 Å². The number of unbranched alkanes of at least 4 members (excludes halogenated alkanes) is 24. The minimum Gasteiger partial charge on any atom is -0.462 e. The van der Waals surface area contributed by atoms with Crippen LogP contribution in [-0.2, 0) is 28.6 Å². The van der Waals surface area contributed by atoms with Gasteiger partial charge in [-0.2, -0.15) is 0 Å². The summed E-state index contributed by atoms with van der Waals surface area (Å²) in [6, 6.07) is 0. The molecule has 0 bridgehead atoms. The summed E-state index contributed by atoms with van der Waals surface area (Å²) in [6.45, 7) is 6.32. The van der Waals surface area contributed by atoms with Crippen molar-refractivity contribution in [3.8, 4) is 0 Å². The van der Waals surface area contributed by atoms with Gasteiger partial charge in [0.1, 0.15) is 13.2 Å². The summed E-state index contributed by atoms with van der Waals surface area (Å²) in [5.74, 6) is -0.945. The van der Waals surface area contributed by atoms with Crippen molar-refractivity contribution in [3.63, 3.8) is 0 Å². The lowest BCUT2D eigenvalue weighted by atomic mass is 10.0. The molecule has 81 heavy (non-hydrogen) atoms. The van der Waals surface area contributed by atoms with Gasteiger partial charge in [-0.05, 0) is 135 Å². The van der Waals surface area contributed by atoms with Crippen LogP contribution in [0, 0.1) is 0 Å². The van der Waals surface area contributed by atoms with E-state index in [1.54, 1.807) is 0 Å². The molecule has 1 unspecified atom stereocenters. The third-order valence-corrected chi connectivity index (χ3v) is 13.8. The Morgan fingerprint density at radius 3 is 0.765 bits per heavy atom. The number of hydrogen-bond acceptors (Lipinski definition) is 6. The van der Waals surface area contributed by atoms with E-state index in [1.165, 1.54) is 89.9 Å². The fourth-order valence-corrected chi connectivity index (χ4v) is 8.89. The van der Waals surface area contributed by atoms with Crippen molar-refractivity contribution >= 4 is 17.9 Å². The molecule has 1 atom stereocenters. The molecular formula is C75H122O6.